The van der Waals surface area contributed by atoms with Gasteiger partial charge in [-0.25, -0.2) is 4.98 Å². The molecular formula is C11H13F3N2O2. The zero-order chi connectivity index (χ0) is 13.8. The van der Waals surface area contributed by atoms with Crippen molar-refractivity contribution in [2.45, 2.75) is 12.6 Å². The fourth-order valence-electron chi connectivity index (χ4n) is 1.27. The molecule has 1 aromatic heterocycles. The van der Waals surface area contributed by atoms with Gasteiger partial charge in [0.25, 0.3) is 0 Å². The molecule has 0 atom stereocenters. The summed E-state index contributed by atoms with van der Waals surface area (Å²) in [6, 6.07) is 3.63. The SMILES string of the molecule is COC(=O)CCN(C)c1cccc(C(F)(F)F)n1. The lowest BCUT2D eigenvalue weighted by Crippen LogP contribution is -2.23. The number of halogens is 3. The van der Waals surface area contributed by atoms with Gasteiger partial charge in [-0.3, -0.25) is 4.79 Å². The summed E-state index contributed by atoms with van der Waals surface area (Å²) in [5.74, 6) is -0.262. The Hall–Kier alpha value is -1.79. The predicted octanol–water partition coefficient (Wildman–Crippen LogP) is 2.10. The molecule has 0 aliphatic heterocycles. The number of methoxy groups -OCH3 is 1. The van der Waals surface area contributed by atoms with E-state index in [2.05, 4.69) is 9.72 Å². The van der Waals surface area contributed by atoms with Crippen molar-refractivity contribution in [1.29, 1.82) is 0 Å². The van der Waals surface area contributed by atoms with Gasteiger partial charge in [0.05, 0.1) is 13.5 Å². The number of aromatic nitrogens is 1. The summed E-state index contributed by atoms with van der Waals surface area (Å²) in [7, 11) is 2.82. The highest BCUT2D eigenvalue weighted by Crippen LogP contribution is 2.28. The van der Waals surface area contributed by atoms with Gasteiger partial charge < -0.3 is 9.64 Å². The molecule has 0 aromatic carbocycles. The van der Waals surface area contributed by atoms with E-state index in [1.54, 1.807) is 7.05 Å². The molecular weight excluding hydrogens is 249 g/mol. The number of carbonyl (C=O) groups excluding carboxylic acids is 1. The molecule has 1 heterocycles. The van der Waals surface area contributed by atoms with E-state index in [1.165, 1.54) is 24.1 Å². The minimum Gasteiger partial charge on any atom is -0.469 e. The number of carbonyl (C=O) groups is 1. The summed E-state index contributed by atoms with van der Waals surface area (Å²) in [5, 5.41) is 0. The predicted molar refractivity (Wildman–Crippen MR) is 59.1 cm³/mol. The molecule has 0 fully saturated rings. The molecule has 4 nitrogen and oxygen atoms in total. The summed E-state index contributed by atoms with van der Waals surface area (Å²) in [4.78, 5) is 15.9. The normalized spacial score (nSPS) is 11.2. The molecule has 0 N–H and O–H groups in total. The minimum atomic E-state index is -4.47. The average Bonchev–Trinajstić information content (AvgIpc) is 2.34. The Kier molecular flexibility index (Phi) is 4.52. The Labute approximate surface area is 102 Å². The van der Waals surface area contributed by atoms with Crippen molar-refractivity contribution in [3.8, 4) is 0 Å². The molecule has 1 aromatic rings. The first-order chi connectivity index (χ1) is 8.34. The Morgan fingerprint density at radius 1 is 1.44 bits per heavy atom. The van der Waals surface area contributed by atoms with E-state index in [0.29, 0.717) is 0 Å². The number of nitrogens with zero attached hydrogens (tertiary/aromatic N) is 2. The molecule has 0 saturated heterocycles. The Morgan fingerprint density at radius 3 is 2.67 bits per heavy atom. The van der Waals surface area contributed by atoms with Gasteiger partial charge in [0.1, 0.15) is 11.5 Å². The monoisotopic (exact) mass is 262 g/mol. The number of hydrogen-bond acceptors (Lipinski definition) is 4. The van der Waals surface area contributed by atoms with Gasteiger partial charge in [0.2, 0.25) is 0 Å². The quantitative estimate of drug-likeness (QED) is 0.779. The standard InChI is InChI=1S/C11H13F3N2O2/c1-16(7-6-10(17)18-2)9-5-3-4-8(15-9)11(12,13)14/h3-5H,6-7H2,1-2H3. The number of anilines is 1. The largest absolute Gasteiger partial charge is 0.469 e. The lowest BCUT2D eigenvalue weighted by atomic mass is 10.3. The number of rotatable bonds is 4. The van der Waals surface area contributed by atoms with Crippen molar-refractivity contribution in [2.24, 2.45) is 0 Å². The van der Waals surface area contributed by atoms with Crippen LogP contribution in [0.3, 0.4) is 0 Å². The molecule has 0 radical (unpaired) electrons. The molecule has 0 aliphatic rings. The number of hydrogen-bond donors (Lipinski definition) is 0. The lowest BCUT2D eigenvalue weighted by molar-refractivity contribution is -0.141. The van der Waals surface area contributed by atoms with Crippen LogP contribution in [0.5, 0.6) is 0 Å². The third kappa shape index (κ3) is 3.90. The van der Waals surface area contributed by atoms with Crippen molar-refractivity contribution < 1.29 is 22.7 Å². The van der Waals surface area contributed by atoms with Crippen molar-refractivity contribution in [1.82, 2.24) is 4.98 Å². The van der Waals surface area contributed by atoms with Crippen LogP contribution in [0.25, 0.3) is 0 Å². The highest BCUT2D eigenvalue weighted by Gasteiger charge is 2.32. The molecule has 7 heteroatoms. The van der Waals surface area contributed by atoms with E-state index in [4.69, 9.17) is 0 Å². The Morgan fingerprint density at radius 2 is 2.11 bits per heavy atom. The second kappa shape index (κ2) is 5.70. The molecule has 100 valence electrons. The topological polar surface area (TPSA) is 42.4 Å². The second-order valence-corrected chi connectivity index (χ2v) is 3.63. The van der Waals surface area contributed by atoms with Crippen LogP contribution in [-0.4, -0.2) is 31.7 Å². The van der Waals surface area contributed by atoms with Gasteiger partial charge in [0.15, 0.2) is 0 Å². The lowest BCUT2D eigenvalue weighted by Gasteiger charge is -2.18. The molecule has 18 heavy (non-hydrogen) atoms. The highest BCUT2D eigenvalue weighted by molar-refractivity contribution is 5.69. The first-order valence-electron chi connectivity index (χ1n) is 5.17. The van der Waals surface area contributed by atoms with Crippen LogP contribution in [0.2, 0.25) is 0 Å². The van der Waals surface area contributed by atoms with Crippen molar-refractivity contribution in [2.75, 3.05) is 25.6 Å². The number of pyridine rings is 1. The van der Waals surface area contributed by atoms with Gasteiger partial charge in [-0.1, -0.05) is 6.07 Å². The maximum absolute atomic E-state index is 12.4. The summed E-state index contributed by atoms with van der Waals surface area (Å²) < 4.78 is 41.8. The molecule has 0 spiro atoms. The van der Waals surface area contributed by atoms with Gasteiger partial charge in [-0.2, -0.15) is 13.2 Å². The van der Waals surface area contributed by atoms with Crippen molar-refractivity contribution >= 4 is 11.8 Å². The van der Waals surface area contributed by atoms with Crippen LogP contribution >= 0.6 is 0 Å². The van der Waals surface area contributed by atoms with Crippen molar-refractivity contribution in [3.63, 3.8) is 0 Å². The minimum absolute atomic E-state index is 0.0882. The zero-order valence-corrected chi connectivity index (χ0v) is 9.99. The average molecular weight is 262 g/mol. The van der Waals surface area contributed by atoms with E-state index in [1.807, 2.05) is 0 Å². The first-order valence-corrected chi connectivity index (χ1v) is 5.17. The fraction of sp³-hybridized carbons (Fsp3) is 0.455. The van der Waals surface area contributed by atoms with E-state index in [0.717, 1.165) is 6.07 Å². The van der Waals surface area contributed by atoms with E-state index >= 15 is 0 Å². The summed E-state index contributed by atoms with van der Waals surface area (Å²) >= 11 is 0. The summed E-state index contributed by atoms with van der Waals surface area (Å²) in [5.41, 5.74) is -0.954. The Bertz CT molecular complexity index is 421. The Balaban J connectivity index is 2.74. The summed E-state index contributed by atoms with van der Waals surface area (Å²) in [6.45, 7) is 0.237. The van der Waals surface area contributed by atoms with Crippen LogP contribution in [0.4, 0.5) is 19.0 Å². The zero-order valence-electron chi connectivity index (χ0n) is 9.99. The molecule has 0 unspecified atom stereocenters. The number of alkyl halides is 3. The smallest absolute Gasteiger partial charge is 0.433 e. The molecule has 0 saturated carbocycles. The maximum atomic E-state index is 12.4. The first kappa shape index (κ1) is 14.3. The van der Waals surface area contributed by atoms with E-state index in [-0.39, 0.29) is 18.8 Å². The van der Waals surface area contributed by atoms with Crippen LogP contribution in [0, 0.1) is 0 Å². The maximum Gasteiger partial charge on any atom is 0.433 e. The summed E-state index contributed by atoms with van der Waals surface area (Å²) in [6.07, 6.45) is -4.38. The third-order valence-electron chi connectivity index (χ3n) is 2.29. The van der Waals surface area contributed by atoms with Gasteiger partial charge in [0, 0.05) is 13.6 Å². The molecule has 1 rings (SSSR count). The second-order valence-electron chi connectivity index (χ2n) is 3.63. The van der Waals surface area contributed by atoms with Crippen LogP contribution in [0.1, 0.15) is 12.1 Å². The molecule has 0 amide bonds. The fourth-order valence-corrected chi connectivity index (χ4v) is 1.27. The molecule has 0 bridgehead atoms. The number of esters is 1. The van der Waals surface area contributed by atoms with Crippen LogP contribution in [0.15, 0.2) is 18.2 Å². The van der Waals surface area contributed by atoms with Gasteiger partial charge in [-0.05, 0) is 12.1 Å². The van der Waals surface area contributed by atoms with E-state index in [9.17, 15) is 18.0 Å². The number of ether oxygens (including phenoxy) is 1. The third-order valence-corrected chi connectivity index (χ3v) is 2.29. The van der Waals surface area contributed by atoms with Gasteiger partial charge >= 0.3 is 12.1 Å². The van der Waals surface area contributed by atoms with Crippen molar-refractivity contribution in [3.05, 3.63) is 23.9 Å². The van der Waals surface area contributed by atoms with Crippen LogP contribution < -0.4 is 4.90 Å². The van der Waals surface area contributed by atoms with Crippen LogP contribution in [-0.2, 0) is 15.7 Å². The molecule has 0 aliphatic carbocycles. The van der Waals surface area contributed by atoms with Gasteiger partial charge in [-0.15, -0.1) is 0 Å². The highest BCUT2D eigenvalue weighted by atomic mass is 19.4. The van der Waals surface area contributed by atoms with E-state index < -0.39 is 17.8 Å².